The van der Waals surface area contributed by atoms with Crippen molar-refractivity contribution < 1.29 is 14.3 Å². The Morgan fingerprint density at radius 1 is 1.40 bits per heavy atom. The first-order chi connectivity index (χ1) is 9.65. The van der Waals surface area contributed by atoms with Crippen LogP contribution in [0.1, 0.15) is 19.8 Å². The third-order valence-corrected chi connectivity index (χ3v) is 4.05. The lowest BCUT2D eigenvalue weighted by molar-refractivity contribution is -0.139. The molecule has 0 aromatic carbocycles. The molecule has 0 saturated carbocycles. The largest absolute Gasteiger partial charge is 0.465 e. The average molecular weight is 318 g/mol. The van der Waals surface area contributed by atoms with Crippen LogP contribution in [0.5, 0.6) is 0 Å². The topological polar surface area (TPSA) is 93.2 Å². The SMILES string of the molecule is CCOC(=O)CSc1nnc(NC(=O)CCCNC)s1. The number of nitrogens with one attached hydrogen (secondary N) is 2. The minimum absolute atomic E-state index is 0.0849. The van der Waals surface area contributed by atoms with E-state index < -0.39 is 0 Å². The maximum absolute atomic E-state index is 11.6. The second-order valence-corrected chi connectivity index (χ2v) is 5.92. The van der Waals surface area contributed by atoms with Gasteiger partial charge in [0.2, 0.25) is 11.0 Å². The van der Waals surface area contributed by atoms with Gasteiger partial charge in [0.05, 0.1) is 12.4 Å². The molecule has 0 spiro atoms. The fraction of sp³-hybridized carbons (Fsp3) is 0.636. The number of hydrogen-bond donors (Lipinski definition) is 2. The lowest BCUT2D eigenvalue weighted by Gasteiger charge is -2.00. The standard InChI is InChI=1S/C11H18N4O3S2/c1-3-18-9(17)7-19-11-15-14-10(20-11)13-8(16)5-4-6-12-2/h12H,3-7H2,1-2H3,(H,13,14,16). The van der Waals surface area contributed by atoms with Gasteiger partial charge < -0.3 is 15.4 Å². The van der Waals surface area contributed by atoms with Gasteiger partial charge in [-0.05, 0) is 26.9 Å². The number of thioether (sulfide) groups is 1. The van der Waals surface area contributed by atoms with Crippen LogP contribution in [-0.4, -0.2) is 48.0 Å². The molecule has 0 fully saturated rings. The van der Waals surface area contributed by atoms with Crippen LogP contribution < -0.4 is 10.6 Å². The summed E-state index contributed by atoms with van der Waals surface area (Å²) in [5, 5.41) is 13.9. The van der Waals surface area contributed by atoms with Crippen molar-refractivity contribution in [3.63, 3.8) is 0 Å². The smallest absolute Gasteiger partial charge is 0.316 e. The number of hydrogen-bond acceptors (Lipinski definition) is 8. The summed E-state index contributed by atoms with van der Waals surface area (Å²) in [5.74, 6) is -0.179. The molecule has 20 heavy (non-hydrogen) atoms. The number of aromatic nitrogens is 2. The van der Waals surface area contributed by atoms with Crippen molar-refractivity contribution in [3.05, 3.63) is 0 Å². The lowest BCUT2D eigenvalue weighted by Crippen LogP contribution is -2.15. The normalized spacial score (nSPS) is 10.3. The molecular weight excluding hydrogens is 300 g/mol. The van der Waals surface area contributed by atoms with E-state index in [0.29, 0.717) is 22.5 Å². The Labute approximate surface area is 125 Å². The van der Waals surface area contributed by atoms with Crippen molar-refractivity contribution in [2.75, 3.05) is 31.3 Å². The Morgan fingerprint density at radius 3 is 2.90 bits per heavy atom. The van der Waals surface area contributed by atoms with E-state index in [-0.39, 0.29) is 17.6 Å². The first kappa shape index (κ1) is 16.9. The Balaban J connectivity index is 2.31. The van der Waals surface area contributed by atoms with Crippen LogP contribution in [0.15, 0.2) is 4.34 Å². The summed E-state index contributed by atoms with van der Waals surface area (Å²) >= 11 is 2.49. The molecule has 1 heterocycles. The molecule has 2 N–H and O–H groups in total. The Kier molecular flexibility index (Phi) is 8.16. The quantitative estimate of drug-likeness (QED) is 0.305. The van der Waals surface area contributed by atoms with Gasteiger partial charge in [0.25, 0.3) is 0 Å². The van der Waals surface area contributed by atoms with E-state index in [1.54, 1.807) is 6.92 Å². The number of carbonyl (C=O) groups is 2. The first-order valence-electron chi connectivity index (χ1n) is 6.22. The van der Waals surface area contributed by atoms with Crippen LogP contribution in [-0.2, 0) is 14.3 Å². The van der Waals surface area contributed by atoms with Gasteiger partial charge in [-0.3, -0.25) is 9.59 Å². The fourth-order valence-corrected chi connectivity index (χ4v) is 2.82. The summed E-state index contributed by atoms with van der Waals surface area (Å²) < 4.78 is 5.44. The van der Waals surface area contributed by atoms with Crippen LogP contribution in [0.2, 0.25) is 0 Å². The highest BCUT2D eigenvalue weighted by molar-refractivity contribution is 8.01. The second-order valence-electron chi connectivity index (χ2n) is 3.72. The number of ether oxygens (including phenoxy) is 1. The van der Waals surface area contributed by atoms with Gasteiger partial charge in [-0.25, -0.2) is 0 Å². The summed E-state index contributed by atoms with van der Waals surface area (Å²) in [6, 6.07) is 0. The summed E-state index contributed by atoms with van der Waals surface area (Å²) in [6.45, 7) is 2.92. The zero-order chi connectivity index (χ0) is 14.8. The third-order valence-electron chi connectivity index (χ3n) is 2.10. The molecule has 1 aromatic heterocycles. The highest BCUT2D eigenvalue weighted by Gasteiger charge is 2.10. The van der Waals surface area contributed by atoms with Gasteiger partial charge in [-0.1, -0.05) is 23.1 Å². The molecule has 0 bridgehead atoms. The number of esters is 1. The van der Waals surface area contributed by atoms with E-state index in [0.717, 1.165) is 13.0 Å². The molecule has 112 valence electrons. The fourth-order valence-electron chi connectivity index (χ4n) is 1.25. The molecule has 1 amide bonds. The van der Waals surface area contributed by atoms with Gasteiger partial charge in [-0.2, -0.15) is 0 Å². The van der Waals surface area contributed by atoms with Crippen LogP contribution in [0, 0.1) is 0 Å². The third kappa shape index (κ3) is 6.83. The number of carbonyl (C=O) groups excluding carboxylic acids is 2. The summed E-state index contributed by atoms with van der Waals surface area (Å²) in [6.07, 6.45) is 1.21. The molecule has 0 aliphatic heterocycles. The Bertz CT molecular complexity index is 439. The van der Waals surface area contributed by atoms with Gasteiger partial charge in [-0.15, -0.1) is 10.2 Å². The molecule has 0 unspecified atom stereocenters. The monoisotopic (exact) mass is 318 g/mol. The highest BCUT2D eigenvalue weighted by Crippen LogP contribution is 2.25. The maximum Gasteiger partial charge on any atom is 0.316 e. The molecule has 0 aliphatic rings. The molecule has 1 aromatic rings. The number of amides is 1. The van der Waals surface area contributed by atoms with Crippen LogP contribution in [0.25, 0.3) is 0 Å². The molecule has 1 rings (SSSR count). The summed E-state index contributed by atoms with van der Waals surface area (Å²) in [7, 11) is 1.84. The van der Waals surface area contributed by atoms with Crippen LogP contribution in [0.4, 0.5) is 5.13 Å². The van der Waals surface area contributed by atoms with Crippen LogP contribution >= 0.6 is 23.1 Å². The van der Waals surface area contributed by atoms with E-state index in [9.17, 15) is 9.59 Å². The van der Waals surface area contributed by atoms with E-state index in [1.807, 2.05) is 7.05 Å². The number of anilines is 1. The number of rotatable bonds is 9. The molecule has 7 nitrogen and oxygen atoms in total. The summed E-state index contributed by atoms with van der Waals surface area (Å²) in [4.78, 5) is 22.8. The second kappa shape index (κ2) is 9.67. The average Bonchev–Trinajstić information content (AvgIpc) is 2.85. The lowest BCUT2D eigenvalue weighted by atomic mass is 10.3. The molecule has 0 aliphatic carbocycles. The van der Waals surface area contributed by atoms with E-state index in [1.165, 1.54) is 23.1 Å². The maximum atomic E-state index is 11.6. The highest BCUT2D eigenvalue weighted by atomic mass is 32.2. The van der Waals surface area contributed by atoms with Gasteiger partial charge in [0.1, 0.15) is 0 Å². The minimum Gasteiger partial charge on any atom is -0.465 e. The van der Waals surface area contributed by atoms with Crippen molar-refractivity contribution in [1.29, 1.82) is 0 Å². The Morgan fingerprint density at radius 2 is 2.20 bits per heavy atom. The molecular formula is C11H18N4O3S2. The van der Waals surface area contributed by atoms with Gasteiger partial charge in [0, 0.05) is 6.42 Å². The van der Waals surface area contributed by atoms with Crippen molar-refractivity contribution in [3.8, 4) is 0 Å². The molecule has 9 heteroatoms. The van der Waals surface area contributed by atoms with E-state index in [2.05, 4.69) is 20.8 Å². The van der Waals surface area contributed by atoms with Crippen molar-refractivity contribution in [1.82, 2.24) is 15.5 Å². The minimum atomic E-state index is -0.287. The van der Waals surface area contributed by atoms with Gasteiger partial charge in [0.15, 0.2) is 4.34 Å². The zero-order valence-corrected chi connectivity index (χ0v) is 13.1. The molecule has 0 saturated heterocycles. The zero-order valence-electron chi connectivity index (χ0n) is 11.5. The first-order valence-corrected chi connectivity index (χ1v) is 8.02. The van der Waals surface area contributed by atoms with Crippen molar-refractivity contribution in [2.24, 2.45) is 0 Å². The molecule has 0 radical (unpaired) electrons. The Hall–Kier alpha value is -1.19. The van der Waals surface area contributed by atoms with Crippen molar-refractivity contribution in [2.45, 2.75) is 24.1 Å². The van der Waals surface area contributed by atoms with Gasteiger partial charge >= 0.3 is 5.97 Å². The van der Waals surface area contributed by atoms with E-state index >= 15 is 0 Å². The predicted molar refractivity (Wildman–Crippen MR) is 79.1 cm³/mol. The molecule has 0 atom stereocenters. The predicted octanol–water partition coefficient (Wildman–Crippen LogP) is 1.13. The van der Waals surface area contributed by atoms with Crippen molar-refractivity contribution >= 4 is 40.1 Å². The van der Waals surface area contributed by atoms with E-state index in [4.69, 9.17) is 4.74 Å². The number of nitrogens with zero attached hydrogens (tertiary/aromatic N) is 2. The van der Waals surface area contributed by atoms with Crippen LogP contribution in [0.3, 0.4) is 0 Å². The summed E-state index contributed by atoms with van der Waals surface area (Å²) in [5.41, 5.74) is 0.